The van der Waals surface area contributed by atoms with Gasteiger partial charge in [-0.05, 0) is 43.6 Å². The summed E-state index contributed by atoms with van der Waals surface area (Å²) in [6.45, 7) is 3.96. The smallest absolute Gasteiger partial charge is 0.268 e. The van der Waals surface area contributed by atoms with Crippen LogP contribution in [0.3, 0.4) is 0 Å². The number of amides is 1. The Morgan fingerprint density at radius 2 is 1.96 bits per heavy atom. The van der Waals surface area contributed by atoms with Gasteiger partial charge in [-0.1, -0.05) is 12.1 Å². The van der Waals surface area contributed by atoms with Gasteiger partial charge in [0.05, 0.1) is 11.9 Å². The predicted molar refractivity (Wildman–Crippen MR) is 93.9 cm³/mol. The average Bonchev–Trinajstić information content (AvgIpc) is 3.11. The molecule has 132 valence electrons. The van der Waals surface area contributed by atoms with Crippen LogP contribution in [0.4, 0.5) is 10.2 Å². The zero-order valence-electron chi connectivity index (χ0n) is 14.0. The van der Waals surface area contributed by atoms with Crippen molar-refractivity contribution in [1.82, 2.24) is 14.9 Å². The van der Waals surface area contributed by atoms with Crippen LogP contribution in [-0.2, 0) is 6.42 Å². The maximum atomic E-state index is 13.1. The van der Waals surface area contributed by atoms with Gasteiger partial charge >= 0.3 is 0 Å². The maximum absolute atomic E-state index is 13.1. The van der Waals surface area contributed by atoms with E-state index in [1.54, 1.807) is 12.1 Å². The van der Waals surface area contributed by atoms with Crippen LogP contribution in [0.25, 0.3) is 0 Å². The lowest BCUT2D eigenvalue weighted by Crippen LogP contribution is -2.26. The highest BCUT2D eigenvalue weighted by Crippen LogP contribution is 2.16. The first-order valence-electron chi connectivity index (χ1n) is 8.48. The third-order valence-corrected chi connectivity index (χ3v) is 4.30. The van der Waals surface area contributed by atoms with E-state index in [4.69, 9.17) is 5.73 Å². The lowest BCUT2D eigenvalue weighted by atomic mass is 10.1. The minimum Gasteiger partial charge on any atom is -0.367 e. The highest BCUT2D eigenvalue weighted by Gasteiger charge is 2.14. The van der Waals surface area contributed by atoms with Gasteiger partial charge in [-0.2, -0.15) is 0 Å². The lowest BCUT2D eigenvalue weighted by Gasteiger charge is -2.16. The van der Waals surface area contributed by atoms with Crippen molar-refractivity contribution in [2.24, 2.45) is 5.73 Å². The molecule has 1 aliphatic rings. The van der Waals surface area contributed by atoms with E-state index in [1.165, 1.54) is 31.2 Å². The number of rotatable bonds is 7. The minimum absolute atomic E-state index is 0.127. The third kappa shape index (κ3) is 4.73. The molecule has 2 heterocycles. The number of nitrogens with one attached hydrogen (secondary N) is 1. The fourth-order valence-corrected chi connectivity index (χ4v) is 2.95. The van der Waals surface area contributed by atoms with Crippen LogP contribution in [0.5, 0.6) is 0 Å². The molecule has 0 saturated carbocycles. The molecule has 1 saturated heterocycles. The number of nitrogens with zero attached hydrogens (tertiary/aromatic N) is 3. The Bertz CT molecular complexity index is 729. The Hall–Kier alpha value is -2.54. The van der Waals surface area contributed by atoms with Gasteiger partial charge in [-0.15, -0.1) is 0 Å². The second-order valence-corrected chi connectivity index (χ2v) is 6.19. The molecule has 0 aliphatic carbocycles. The molecule has 3 N–H and O–H groups in total. The van der Waals surface area contributed by atoms with E-state index in [1.807, 2.05) is 0 Å². The van der Waals surface area contributed by atoms with Crippen molar-refractivity contribution in [3.05, 3.63) is 53.2 Å². The van der Waals surface area contributed by atoms with Crippen molar-refractivity contribution in [2.45, 2.75) is 19.3 Å². The molecule has 1 aromatic carbocycles. The topological polar surface area (TPSA) is 84.1 Å². The summed E-state index contributed by atoms with van der Waals surface area (Å²) in [5, 5.41) is 3.30. The number of nitrogens with two attached hydrogens (primary N) is 1. The van der Waals surface area contributed by atoms with Crippen LogP contribution in [0.2, 0.25) is 0 Å². The molecule has 1 aromatic heterocycles. The molecule has 0 atom stereocenters. The summed E-state index contributed by atoms with van der Waals surface area (Å²) in [7, 11) is 0. The van der Waals surface area contributed by atoms with Gasteiger partial charge in [0.25, 0.3) is 5.91 Å². The molecule has 7 heteroatoms. The number of hydrogen-bond donors (Lipinski definition) is 2. The average molecular weight is 343 g/mol. The highest BCUT2D eigenvalue weighted by molar-refractivity contribution is 5.90. The van der Waals surface area contributed by atoms with Crippen molar-refractivity contribution in [2.75, 3.05) is 31.5 Å². The number of carbonyl (C=O) groups excluding carboxylic acids is 1. The van der Waals surface area contributed by atoms with E-state index < -0.39 is 5.91 Å². The Balaban J connectivity index is 1.73. The third-order valence-electron chi connectivity index (χ3n) is 4.30. The fourth-order valence-electron chi connectivity index (χ4n) is 2.95. The van der Waals surface area contributed by atoms with Crippen LogP contribution in [0.15, 0.2) is 30.5 Å². The van der Waals surface area contributed by atoms with Gasteiger partial charge in [0.1, 0.15) is 17.3 Å². The highest BCUT2D eigenvalue weighted by atomic mass is 19.1. The molecule has 3 rings (SSSR count). The standard InChI is InChI=1S/C18H22FN5O/c19-14-5-3-13(4-6-14)11-15-18(22-12-16(23-15)17(20)25)21-7-10-24-8-1-2-9-24/h3-6,12H,1-2,7-11H2,(H2,20,25)(H,21,22). The second-order valence-electron chi connectivity index (χ2n) is 6.19. The number of carbonyl (C=O) groups is 1. The Morgan fingerprint density at radius 1 is 1.24 bits per heavy atom. The molecule has 2 aromatic rings. The summed E-state index contributed by atoms with van der Waals surface area (Å²) in [5.74, 6) is -0.269. The first-order chi connectivity index (χ1) is 12.1. The van der Waals surface area contributed by atoms with Gasteiger partial charge in [0, 0.05) is 19.5 Å². The van der Waals surface area contributed by atoms with Crippen molar-refractivity contribution in [3.8, 4) is 0 Å². The molecule has 0 radical (unpaired) electrons. The number of likely N-dealkylation sites (tertiary alicyclic amines) is 1. The molecule has 0 unspecified atom stereocenters. The van der Waals surface area contributed by atoms with Crippen LogP contribution >= 0.6 is 0 Å². The molecule has 1 amide bonds. The molecule has 0 spiro atoms. The van der Waals surface area contributed by atoms with Crippen LogP contribution in [-0.4, -0.2) is 47.0 Å². The van der Waals surface area contributed by atoms with E-state index in [9.17, 15) is 9.18 Å². The molecule has 6 nitrogen and oxygen atoms in total. The van der Waals surface area contributed by atoms with E-state index in [2.05, 4.69) is 20.2 Å². The van der Waals surface area contributed by atoms with Gasteiger partial charge in [-0.3, -0.25) is 4.79 Å². The first-order valence-corrected chi connectivity index (χ1v) is 8.48. The van der Waals surface area contributed by atoms with Crippen molar-refractivity contribution >= 4 is 11.7 Å². The fraction of sp³-hybridized carbons (Fsp3) is 0.389. The quantitative estimate of drug-likeness (QED) is 0.801. The summed E-state index contributed by atoms with van der Waals surface area (Å²) in [4.78, 5) is 22.4. The number of primary amides is 1. The number of anilines is 1. The van der Waals surface area contributed by atoms with E-state index in [0.717, 1.165) is 31.7 Å². The zero-order chi connectivity index (χ0) is 17.6. The van der Waals surface area contributed by atoms with Gasteiger partial charge in [0.15, 0.2) is 0 Å². The Kier molecular flexibility index (Phi) is 5.55. The summed E-state index contributed by atoms with van der Waals surface area (Å²) < 4.78 is 13.1. The van der Waals surface area contributed by atoms with Crippen LogP contribution in [0.1, 0.15) is 34.6 Å². The monoisotopic (exact) mass is 343 g/mol. The number of benzene rings is 1. The molecular formula is C18H22FN5O. The van der Waals surface area contributed by atoms with E-state index in [-0.39, 0.29) is 11.5 Å². The summed E-state index contributed by atoms with van der Waals surface area (Å²) in [6, 6.07) is 6.20. The SMILES string of the molecule is NC(=O)c1cnc(NCCN2CCCC2)c(Cc2ccc(F)cc2)n1. The first kappa shape index (κ1) is 17.3. The number of hydrogen-bond acceptors (Lipinski definition) is 5. The second kappa shape index (κ2) is 8.02. The molecule has 1 fully saturated rings. The van der Waals surface area contributed by atoms with Crippen molar-refractivity contribution in [3.63, 3.8) is 0 Å². The van der Waals surface area contributed by atoms with Crippen LogP contribution < -0.4 is 11.1 Å². The Morgan fingerprint density at radius 3 is 2.64 bits per heavy atom. The summed E-state index contributed by atoms with van der Waals surface area (Å²) in [6.07, 6.45) is 4.33. The molecule has 0 bridgehead atoms. The molecule has 25 heavy (non-hydrogen) atoms. The number of aromatic nitrogens is 2. The molecule has 1 aliphatic heterocycles. The van der Waals surface area contributed by atoms with Gasteiger partial charge in [0.2, 0.25) is 0 Å². The van der Waals surface area contributed by atoms with Gasteiger partial charge in [-0.25, -0.2) is 14.4 Å². The van der Waals surface area contributed by atoms with Crippen LogP contribution in [0, 0.1) is 5.82 Å². The minimum atomic E-state index is -0.614. The lowest BCUT2D eigenvalue weighted by molar-refractivity contribution is 0.0995. The summed E-state index contributed by atoms with van der Waals surface area (Å²) in [5.41, 5.74) is 6.96. The number of halogens is 1. The van der Waals surface area contributed by atoms with Crippen molar-refractivity contribution < 1.29 is 9.18 Å². The summed E-state index contributed by atoms with van der Waals surface area (Å²) >= 11 is 0. The zero-order valence-corrected chi connectivity index (χ0v) is 14.0. The Labute approximate surface area is 146 Å². The molecular weight excluding hydrogens is 321 g/mol. The largest absolute Gasteiger partial charge is 0.367 e. The van der Waals surface area contributed by atoms with Crippen molar-refractivity contribution in [1.29, 1.82) is 0 Å². The normalized spacial score (nSPS) is 14.6. The predicted octanol–water partition coefficient (Wildman–Crippen LogP) is 1.81. The van der Waals surface area contributed by atoms with E-state index in [0.29, 0.717) is 17.9 Å². The maximum Gasteiger partial charge on any atom is 0.268 e. The van der Waals surface area contributed by atoms with Gasteiger partial charge < -0.3 is 16.0 Å². The van der Waals surface area contributed by atoms with E-state index >= 15 is 0 Å².